The van der Waals surface area contributed by atoms with Gasteiger partial charge < -0.3 is 20.3 Å². The molecule has 0 radical (unpaired) electrons. The van der Waals surface area contributed by atoms with Crippen molar-refractivity contribution >= 4 is 23.4 Å². The number of benzene rings is 1. The van der Waals surface area contributed by atoms with Gasteiger partial charge in [-0.2, -0.15) is 0 Å². The predicted octanol–water partition coefficient (Wildman–Crippen LogP) is 3.07. The molecule has 6 nitrogen and oxygen atoms in total. The number of anilines is 2. The molecule has 1 aliphatic heterocycles. The number of hydrogen-bond donors (Lipinski definition) is 2. The van der Waals surface area contributed by atoms with Gasteiger partial charge in [-0.25, -0.2) is 4.79 Å². The van der Waals surface area contributed by atoms with E-state index in [4.69, 9.17) is 4.74 Å². The van der Waals surface area contributed by atoms with Crippen molar-refractivity contribution in [3.05, 3.63) is 24.3 Å². The highest BCUT2D eigenvalue weighted by Gasteiger charge is 2.23. The van der Waals surface area contributed by atoms with Gasteiger partial charge in [0.25, 0.3) is 0 Å². The van der Waals surface area contributed by atoms with E-state index in [1.165, 1.54) is 0 Å². The molecule has 1 heterocycles. The molecule has 126 valence electrons. The van der Waals surface area contributed by atoms with Crippen LogP contribution in [0.4, 0.5) is 16.2 Å². The fourth-order valence-corrected chi connectivity index (χ4v) is 2.56. The zero-order valence-corrected chi connectivity index (χ0v) is 13.8. The summed E-state index contributed by atoms with van der Waals surface area (Å²) in [5.74, 6) is 0.0112. The van der Waals surface area contributed by atoms with Crippen molar-refractivity contribution in [1.82, 2.24) is 4.90 Å². The van der Waals surface area contributed by atoms with Crippen LogP contribution >= 0.6 is 0 Å². The van der Waals surface area contributed by atoms with Gasteiger partial charge in [0, 0.05) is 36.9 Å². The molecule has 0 spiro atoms. The van der Waals surface area contributed by atoms with Gasteiger partial charge in [0.15, 0.2) is 0 Å². The van der Waals surface area contributed by atoms with Crippen molar-refractivity contribution in [3.8, 4) is 0 Å². The number of piperidine rings is 1. The molecule has 0 unspecified atom stereocenters. The molecule has 1 aromatic carbocycles. The van der Waals surface area contributed by atoms with Gasteiger partial charge in [-0.15, -0.1) is 0 Å². The molecule has 1 fully saturated rings. The zero-order chi connectivity index (χ0) is 16.7. The quantitative estimate of drug-likeness (QED) is 0.875. The number of carbonyl (C=O) groups is 2. The number of amides is 2. The summed E-state index contributed by atoms with van der Waals surface area (Å²) in [5.41, 5.74) is 1.83. The molecule has 1 saturated heterocycles. The molecule has 1 aromatic rings. The summed E-state index contributed by atoms with van der Waals surface area (Å²) < 4.78 is 5.02. The van der Waals surface area contributed by atoms with Gasteiger partial charge in [-0.3, -0.25) is 4.79 Å². The van der Waals surface area contributed by atoms with E-state index in [1.807, 2.05) is 38.1 Å². The lowest BCUT2D eigenvalue weighted by molar-refractivity contribution is -0.115. The second-order valence-corrected chi connectivity index (χ2v) is 5.58. The molecule has 23 heavy (non-hydrogen) atoms. The minimum Gasteiger partial charge on any atom is -0.450 e. The van der Waals surface area contributed by atoms with Crippen molar-refractivity contribution in [1.29, 1.82) is 0 Å². The number of rotatable bonds is 5. The maximum absolute atomic E-state index is 11.7. The first kappa shape index (κ1) is 17.1. The van der Waals surface area contributed by atoms with Gasteiger partial charge in [-0.05, 0) is 44.0 Å². The van der Waals surface area contributed by atoms with E-state index >= 15 is 0 Å². The summed E-state index contributed by atoms with van der Waals surface area (Å²) in [5, 5.41) is 6.30. The van der Waals surface area contributed by atoms with Crippen LogP contribution in [0.3, 0.4) is 0 Å². The van der Waals surface area contributed by atoms with E-state index < -0.39 is 0 Å². The largest absolute Gasteiger partial charge is 0.450 e. The average Bonchev–Trinajstić information content (AvgIpc) is 2.57. The van der Waals surface area contributed by atoms with Crippen molar-refractivity contribution in [3.63, 3.8) is 0 Å². The van der Waals surface area contributed by atoms with Crippen LogP contribution in [0.5, 0.6) is 0 Å². The standard InChI is InChI=1S/C17H25N3O3/c1-3-16(21)19-14-7-5-13(6-8-14)18-15-9-11-20(12-10-15)17(22)23-4-2/h5-8,15,18H,3-4,9-12H2,1-2H3,(H,19,21). The first-order valence-electron chi connectivity index (χ1n) is 8.20. The van der Waals surface area contributed by atoms with E-state index in [1.54, 1.807) is 4.90 Å². The normalized spacial score (nSPS) is 15.1. The Kier molecular flexibility index (Phi) is 6.26. The van der Waals surface area contributed by atoms with Gasteiger partial charge >= 0.3 is 6.09 Å². The van der Waals surface area contributed by atoms with Crippen LogP contribution in [0.1, 0.15) is 33.1 Å². The molecule has 0 bridgehead atoms. The third kappa shape index (κ3) is 5.16. The molecular formula is C17H25N3O3. The maximum Gasteiger partial charge on any atom is 0.409 e. The van der Waals surface area contributed by atoms with Crippen LogP contribution in [-0.4, -0.2) is 42.6 Å². The molecule has 2 N–H and O–H groups in total. The Hall–Kier alpha value is -2.24. The molecule has 0 aliphatic carbocycles. The Balaban J connectivity index is 1.80. The summed E-state index contributed by atoms with van der Waals surface area (Å²) in [6.07, 6.45) is 2.04. The third-order valence-corrected chi connectivity index (χ3v) is 3.88. The van der Waals surface area contributed by atoms with Crippen molar-refractivity contribution < 1.29 is 14.3 Å². The molecule has 0 atom stereocenters. The van der Waals surface area contributed by atoms with Crippen LogP contribution < -0.4 is 10.6 Å². The Morgan fingerprint density at radius 3 is 2.30 bits per heavy atom. The Labute approximate surface area is 137 Å². The minimum absolute atomic E-state index is 0.0112. The number of hydrogen-bond acceptors (Lipinski definition) is 4. The lowest BCUT2D eigenvalue weighted by atomic mass is 10.0. The summed E-state index contributed by atoms with van der Waals surface area (Å²) >= 11 is 0. The summed E-state index contributed by atoms with van der Waals surface area (Å²) in [7, 11) is 0. The van der Waals surface area contributed by atoms with Gasteiger partial charge in [0.05, 0.1) is 6.61 Å². The fourth-order valence-electron chi connectivity index (χ4n) is 2.56. The van der Waals surface area contributed by atoms with Crippen LogP contribution in [0, 0.1) is 0 Å². The first-order valence-corrected chi connectivity index (χ1v) is 8.20. The van der Waals surface area contributed by atoms with Crippen LogP contribution in [0.2, 0.25) is 0 Å². The average molecular weight is 319 g/mol. The van der Waals surface area contributed by atoms with Crippen LogP contribution in [0.15, 0.2) is 24.3 Å². The zero-order valence-electron chi connectivity index (χ0n) is 13.8. The summed E-state index contributed by atoms with van der Waals surface area (Å²) in [6.45, 7) is 5.48. The highest BCUT2D eigenvalue weighted by molar-refractivity contribution is 5.90. The molecule has 0 aromatic heterocycles. The lowest BCUT2D eigenvalue weighted by Gasteiger charge is -2.32. The van der Waals surface area contributed by atoms with Crippen molar-refractivity contribution in [2.75, 3.05) is 30.3 Å². The first-order chi connectivity index (χ1) is 11.1. The predicted molar refractivity (Wildman–Crippen MR) is 90.6 cm³/mol. The van der Waals surface area contributed by atoms with Gasteiger partial charge in [0.1, 0.15) is 0 Å². The van der Waals surface area contributed by atoms with E-state index in [9.17, 15) is 9.59 Å². The molecule has 2 amide bonds. The topological polar surface area (TPSA) is 70.7 Å². The minimum atomic E-state index is -0.220. The van der Waals surface area contributed by atoms with E-state index in [0.29, 0.717) is 32.2 Å². The van der Waals surface area contributed by atoms with E-state index in [-0.39, 0.29) is 12.0 Å². The SMILES string of the molecule is CCOC(=O)N1CCC(Nc2ccc(NC(=O)CC)cc2)CC1. The number of nitrogens with one attached hydrogen (secondary N) is 2. The smallest absolute Gasteiger partial charge is 0.409 e. The van der Waals surface area contributed by atoms with Crippen LogP contribution in [-0.2, 0) is 9.53 Å². The monoisotopic (exact) mass is 319 g/mol. The second-order valence-electron chi connectivity index (χ2n) is 5.58. The number of likely N-dealkylation sites (tertiary alicyclic amines) is 1. The number of nitrogens with zero attached hydrogens (tertiary/aromatic N) is 1. The Bertz CT molecular complexity index is 522. The molecule has 2 rings (SSSR count). The van der Waals surface area contributed by atoms with Crippen LogP contribution in [0.25, 0.3) is 0 Å². The molecular weight excluding hydrogens is 294 g/mol. The van der Waals surface area contributed by atoms with E-state index in [2.05, 4.69) is 10.6 Å². The molecule has 1 aliphatic rings. The van der Waals surface area contributed by atoms with Gasteiger partial charge in [-0.1, -0.05) is 6.92 Å². The maximum atomic E-state index is 11.7. The third-order valence-electron chi connectivity index (χ3n) is 3.88. The van der Waals surface area contributed by atoms with E-state index in [0.717, 1.165) is 24.2 Å². The fraction of sp³-hybridized carbons (Fsp3) is 0.529. The number of ether oxygens (including phenoxy) is 1. The highest BCUT2D eigenvalue weighted by Crippen LogP contribution is 2.19. The summed E-state index contributed by atoms with van der Waals surface area (Å²) in [6, 6.07) is 8.05. The lowest BCUT2D eigenvalue weighted by Crippen LogP contribution is -2.42. The second kappa shape index (κ2) is 8.41. The Morgan fingerprint density at radius 1 is 1.13 bits per heavy atom. The van der Waals surface area contributed by atoms with Crippen molar-refractivity contribution in [2.45, 2.75) is 39.2 Å². The highest BCUT2D eigenvalue weighted by atomic mass is 16.6. The van der Waals surface area contributed by atoms with Gasteiger partial charge in [0.2, 0.25) is 5.91 Å². The molecule has 0 saturated carbocycles. The molecule has 6 heteroatoms. The summed E-state index contributed by atoms with van der Waals surface area (Å²) in [4.78, 5) is 24.8. The number of carbonyl (C=O) groups excluding carboxylic acids is 2. The van der Waals surface area contributed by atoms with Crippen molar-refractivity contribution in [2.24, 2.45) is 0 Å². The Morgan fingerprint density at radius 2 is 1.74 bits per heavy atom.